The zero-order valence-electron chi connectivity index (χ0n) is 11.6. The fourth-order valence-corrected chi connectivity index (χ4v) is 3.24. The molecular weight excluding hydrogens is 239 g/mol. The first-order valence-electron chi connectivity index (χ1n) is 7.53. The summed E-state index contributed by atoms with van der Waals surface area (Å²) < 4.78 is 13.3. The molecule has 0 atom stereocenters. The van der Waals surface area contributed by atoms with Gasteiger partial charge in [-0.15, -0.1) is 0 Å². The maximum Gasteiger partial charge on any atom is 0.123 e. The van der Waals surface area contributed by atoms with Crippen molar-refractivity contribution in [3.63, 3.8) is 0 Å². The van der Waals surface area contributed by atoms with Gasteiger partial charge in [-0.25, -0.2) is 4.39 Å². The highest BCUT2D eigenvalue weighted by molar-refractivity contribution is 5.29. The molecule has 1 aromatic rings. The Morgan fingerprint density at radius 2 is 1.68 bits per heavy atom. The molecule has 0 aliphatic carbocycles. The van der Waals surface area contributed by atoms with Crippen molar-refractivity contribution >= 4 is 0 Å². The maximum atomic E-state index is 13.3. The van der Waals surface area contributed by atoms with Crippen LogP contribution in [0.25, 0.3) is 0 Å². The Kier molecular flexibility index (Phi) is 4.14. The lowest BCUT2D eigenvalue weighted by Crippen LogP contribution is -2.39. The van der Waals surface area contributed by atoms with Crippen molar-refractivity contribution < 1.29 is 4.39 Å². The van der Waals surface area contributed by atoms with Crippen LogP contribution in [-0.4, -0.2) is 42.5 Å². The Labute approximate surface area is 115 Å². The summed E-state index contributed by atoms with van der Waals surface area (Å²) >= 11 is 0. The first-order chi connectivity index (χ1) is 9.31. The van der Waals surface area contributed by atoms with Crippen LogP contribution >= 0.6 is 0 Å². The fraction of sp³-hybridized carbons (Fsp3) is 0.625. The largest absolute Gasteiger partial charge is 0.302 e. The lowest BCUT2D eigenvalue weighted by Gasteiger charge is -2.32. The van der Waals surface area contributed by atoms with E-state index in [1.807, 2.05) is 6.07 Å². The Bertz CT molecular complexity index is 427. The van der Waals surface area contributed by atoms with Crippen molar-refractivity contribution in [1.82, 2.24) is 9.80 Å². The Hall–Kier alpha value is -0.930. The minimum atomic E-state index is -0.100. The van der Waals surface area contributed by atoms with Gasteiger partial charge in [0.1, 0.15) is 5.82 Å². The van der Waals surface area contributed by atoms with E-state index in [0.717, 1.165) is 26.1 Å². The smallest absolute Gasteiger partial charge is 0.123 e. The Balaban J connectivity index is 1.53. The third-order valence-corrected chi connectivity index (χ3v) is 4.44. The topological polar surface area (TPSA) is 6.48 Å². The van der Waals surface area contributed by atoms with Gasteiger partial charge in [0, 0.05) is 26.2 Å². The summed E-state index contributed by atoms with van der Waals surface area (Å²) in [5.74, 6) is -0.100. The van der Waals surface area contributed by atoms with Gasteiger partial charge in [0.2, 0.25) is 0 Å². The molecule has 2 nitrogen and oxygen atoms in total. The van der Waals surface area contributed by atoms with Gasteiger partial charge in [0.15, 0.2) is 0 Å². The summed E-state index contributed by atoms with van der Waals surface area (Å²) in [5.41, 5.74) is 2.51. The number of hydrogen-bond acceptors (Lipinski definition) is 2. The van der Waals surface area contributed by atoms with E-state index < -0.39 is 0 Å². The molecule has 0 aromatic heterocycles. The summed E-state index contributed by atoms with van der Waals surface area (Å²) in [6, 6.07) is 5.25. The first-order valence-corrected chi connectivity index (χ1v) is 7.53. The molecule has 1 aromatic carbocycles. The van der Waals surface area contributed by atoms with Crippen molar-refractivity contribution in [2.75, 3.05) is 32.7 Å². The van der Waals surface area contributed by atoms with Crippen molar-refractivity contribution in [3.05, 3.63) is 35.1 Å². The van der Waals surface area contributed by atoms with E-state index in [0.29, 0.717) is 0 Å². The first kappa shape index (κ1) is 13.1. The van der Waals surface area contributed by atoms with Crippen molar-refractivity contribution in [1.29, 1.82) is 0 Å². The van der Waals surface area contributed by atoms with Gasteiger partial charge in [-0.2, -0.15) is 0 Å². The monoisotopic (exact) mass is 262 g/mol. The lowest BCUT2D eigenvalue weighted by molar-refractivity contribution is 0.173. The molecule has 0 unspecified atom stereocenters. The SMILES string of the molecule is Fc1ccc2c(c1)CN(CCN1CCCCC1)CC2. The van der Waals surface area contributed by atoms with Crippen LogP contribution in [0.1, 0.15) is 30.4 Å². The highest BCUT2D eigenvalue weighted by atomic mass is 19.1. The second kappa shape index (κ2) is 6.02. The molecule has 3 rings (SSSR count). The van der Waals surface area contributed by atoms with E-state index in [1.165, 1.54) is 50.0 Å². The minimum Gasteiger partial charge on any atom is -0.302 e. The summed E-state index contributed by atoms with van der Waals surface area (Å²) in [7, 11) is 0. The standard InChI is InChI=1S/C16H23FN2/c17-16-5-4-14-6-9-19(13-15(14)12-16)11-10-18-7-2-1-3-8-18/h4-5,12H,1-3,6-11,13H2. The molecule has 0 spiro atoms. The zero-order valence-corrected chi connectivity index (χ0v) is 11.6. The van der Waals surface area contributed by atoms with Crippen LogP contribution in [-0.2, 0) is 13.0 Å². The number of likely N-dealkylation sites (tertiary alicyclic amines) is 1. The Morgan fingerprint density at radius 3 is 2.53 bits per heavy atom. The van der Waals surface area contributed by atoms with Gasteiger partial charge in [-0.3, -0.25) is 4.90 Å². The van der Waals surface area contributed by atoms with Crippen LogP contribution in [0.4, 0.5) is 4.39 Å². The number of piperidine rings is 1. The molecule has 0 saturated carbocycles. The maximum absolute atomic E-state index is 13.3. The number of rotatable bonds is 3. The van der Waals surface area contributed by atoms with Crippen molar-refractivity contribution in [3.8, 4) is 0 Å². The molecule has 0 bridgehead atoms. The lowest BCUT2D eigenvalue weighted by atomic mass is 10.00. The second-order valence-electron chi connectivity index (χ2n) is 5.84. The summed E-state index contributed by atoms with van der Waals surface area (Å²) in [6.45, 7) is 6.85. The predicted molar refractivity (Wildman–Crippen MR) is 75.7 cm³/mol. The average Bonchev–Trinajstić information content (AvgIpc) is 2.46. The van der Waals surface area contributed by atoms with E-state index in [9.17, 15) is 4.39 Å². The molecule has 104 valence electrons. The van der Waals surface area contributed by atoms with Crippen LogP contribution in [0.3, 0.4) is 0 Å². The van der Waals surface area contributed by atoms with E-state index in [4.69, 9.17) is 0 Å². The molecule has 2 aliphatic heterocycles. The highest BCUT2D eigenvalue weighted by Gasteiger charge is 2.18. The molecule has 19 heavy (non-hydrogen) atoms. The molecule has 0 amide bonds. The second-order valence-corrected chi connectivity index (χ2v) is 5.84. The van der Waals surface area contributed by atoms with Gasteiger partial charge in [-0.05, 0) is 55.6 Å². The number of fused-ring (bicyclic) bond motifs is 1. The molecule has 1 saturated heterocycles. The minimum absolute atomic E-state index is 0.100. The quantitative estimate of drug-likeness (QED) is 0.826. The fourth-order valence-electron chi connectivity index (χ4n) is 3.24. The summed E-state index contributed by atoms with van der Waals surface area (Å²) in [6.07, 6.45) is 5.17. The zero-order chi connectivity index (χ0) is 13.1. The van der Waals surface area contributed by atoms with Gasteiger partial charge in [-0.1, -0.05) is 12.5 Å². The molecule has 1 fully saturated rings. The van der Waals surface area contributed by atoms with Gasteiger partial charge < -0.3 is 4.90 Å². The summed E-state index contributed by atoms with van der Waals surface area (Å²) in [5, 5.41) is 0. The van der Waals surface area contributed by atoms with Crippen LogP contribution in [0.5, 0.6) is 0 Å². The molecular formula is C16H23FN2. The number of nitrogens with zero attached hydrogens (tertiary/aromatic N) is 2. The van der Waals surface area contributed by atoms with Crippen LogP contribution < -0.4 is 0 Å². The van der Waals surface area contributed by atoms with Crippen molar-refractivity contribution in [2.45, 2.75) is 32.2 Å². The van der Waals surface area contributed by atoms with Gasteiger partial charge in [0.25, 0.3) is 0 Å². The van der Waals surface area contributed by atoms with Gasteiger partial charge >= 0.3 is 0 Å². The van der Waals surface area contributed by atoms with E-state index >= 15 is 0 Å². The summed E-state index contributed by atoms with van der Waals surface area (Å²) in [4.78, 5) is 5.04. The molecule has 0 radical (unpaired) electrons. The molecule has 3 heteroatoms. The molecule has 0 N–H and O–H groups in total. The molecule has 2 aliphatic rings. The van der Waals surface area contributed by atoms with E-state index in [1.54, 1.807) is 12.1 Å². The number of halogens is 1. The Morgan fingerprint density at radius 1 is 0.895 bits per heavy atom. The third-order valence-electron chi connectivity index (χ3n) is 4.44. The van der Waals surface area contributed by atoms with E-state index in [2.05, 4.69) is 9.80 Å². The van der Waals surface area contributed by atoms with Crippen molar-refractivity contribution in [2.24, 2.45) is 0 Å². The highest BCUT2D eigenvalue weighted by Crippen LogP contribution is 2.20. The van der Waals surface area contributed by atoms with Crippen LogP contribution in [0.15, 0.2) is 18.2 Å². The van der Waals surface area contributed by atoms with E-state index in [-0.39, 0.29) is 5.82 Å². The predicted octanol–water partition coefficient (Wildman–Crippen LogP) is 2.67. The van der Waals surface area contributed by atoms with Crippen LogP contribution in [0.2, 0.25) is 0 Å². The third kappa shape index (κ3) is 3.34. The number of hydrogen-bond donors (Lipinski definition) is 0. The number of benzene rings is 1. The normalized spacial score (nSPS) is 21.3. The average molecular weight is 262 g/mol. The molecule has 2 heterocycles. The van der Waals surface area contributed by atoms with Gasteiger partial charge in [0.05, 0.1) is 0 Å². The van der Waals surface area contributed by atoms with Crippen LogP contribution in [0, 0.1) is 5.82 Å².